The summed E-state index contributed by atoms with van der Waals surface area (Å²) in [6, 6.07) is 9.81. The number of benzene rings is 1. The molecule has 1 rings (SSSR count). The summed E-state index contributed by atoms with van der Waals surface area (Å²) in [6.07, 6.45) is 1.65. The van der Waals surface area contributed by atoms with E-state index in [-0.39, 0.29) is 11.8 Å². The Kier molecular flexibility index (Phi) is 5.57. The van der Waals surface area contributed by atoms with E-state index >= 15 is 0 Å². The Morgan fingerprint density at radius 3 is 2.62 bits per heavy atom. The lowest BCUT2D eigenvalue weighted by Gasteiger charge is -2.16. The van der Waals surface area contributed by atoms with E-state index in [1.165, 1.54) is 0 Å². The van der Waals surface area contributed by atoms with Crippen LogP contribution in [0.5, 0.6) is 0 Å². The van der Waals surface area contributed by atoms with E-state index in [0.29, 0.717) is 13.0 Å². The molecule has 0 spiro atoms. The molecule has 16 heavy (non-hydrogen) atoms. The summed E-state index contributed by atoms with van der Waals surface area (Å²) in [4.78, 5) is 11.9. The third kappa shape index (κ3) is 3.66. The second-order valence-corrected chi connectivity index (χ2v) is 3.83. The average molecular weight is 220 g/mol. The second-order valence-electron chi connectivity index (χ2n) is 3.83. The zero-order valence-corrected chi connectivity index (χ0v) is 9.78. The highest BCUT2D eigenvalue weighted by Crippen LogP contribution is 2.18. The van der Waals surface area contributed by atoms with Crippen molar-refractivity contribution >= 4 is 5.91 Å². The van der Waals surface area contributed by atoms with E-state index in [9.17, 15) is 4.79 Å². The minimum absolute atomic E-state index is 0.0819. The number of hydrogen-bond acceptors (Lipinski definition) is 2. The molecular formula is C13H20N2O. The number of carbonyl (C=O) groups is 1. The molecule has 3 heteroatoms. The first-order valence-corrected chi connectivity index (χ1v) is 5.82. The molecule has 0 aromatic heterocycles. The Bertz CT molecular complexity index is 311. The van der Waals surface area contributed by atoms with Crippen molar-refractivity contribution in [3.63, 3.8) is 0 Å². The van der Waals surface area contributed by atoms with Gasteiger partial charge in [-0.05, 0) is 24.9 Å². The molecule has 3 nitrogen and oxygen atoms in total. The fourth-order valence-electron chi connectivity index (χ4n) is 1.67. The lowest BCUT2D eigenvalue weighted by Crippen LogP contribution is -2.31. The van der Waals surface area contributed by atoms with Crippen LogP contribution in [0.2, 0.25) is 0 Å². The summed E-state index contributed by atoms with van der Waals surface area (Å²) in [7, 11) is 0. The molecule has 1 aromatic rings. The molecule has 0 saturated carbocycles. The van der Waals surface area contributed by atoms with Crippen LogP contribution in [-0.2, 0) is 4.79 Å². The van der Waals surface area contributed by atoms with E-state index in [4.69, 9.17) is 5.73 Å². The minimum Gasteiger partial charge on any atom is -0.356 e. The summed E-state index contributed by atoms with van der Waals surface area (Å²) in [5.41, 5.74) is 6.60. The first-order valence-electron chi connectivity index (χ1n) is 5.82. The van der Waals surface area contributed by atoms with E-state index < -0.39 is 0 Å². The van der Waals surface area contributed by atoms with Gasteiger partial charge in [-0.2, -0.15) is 0 Å². The van der Waals surface area contributed by atoms with E-state index in [1.54, 1.807) is 0 Å². The maximum absolute atomic E-state index is 11.9. The Morgan fingerprint density at radius 1 is 1.38 bits per heavy atom. The molecule has 1 atom stereocenters. The maximum Gasteiger partial charge on any atom is 0.227 e. The minimum atomic E-state index is -0.113. The van der Waals surface area contributed by atoms with Gasteiger partial charge < -0.3 is 11.1 Å². The van der Waals surface area contributed by atoms with Crippen molar-refractivity contribution in [2.45, 2.75) is 25.7 Å². The smallest absolute Gasteiger partial charge is 0.227 e. The lowest BCUT2D eigenvalue weighted by atomic mass is 9.95. The Hall–Kier alpha value is -1.35. The van der Waals surface area contributed by atoms with Gasteiger partial charge in [-0.25, -0.2) is 0 Å². The molecule has 0 fully saturated rings. The summed E-state index contributed by atoms with van der Waals surface area (Å²) in [5.74, 6) is -0.0312. The predicted molar refractivity (Wildman–Crippen MR) is 66.2 cm³/mol. The molecule has 0 aliphatic heterocycles. The van der Waals surface area contributed by atoms with Gasteiger partial charge in [0.05, 0.1) is 5.92 Å². The summed E-state index contributed by atoms with van der Waals surface area (Å²) in [6.45, 7) is 3.30. The van der Waals surface area contributed by atoms with Crippen LogP contribution >= 0.6 is 0 Å². The maximum atomic E-state index is 11.9. The number of nitrogens with one attached hydrogen (secondary N) is 1. The van der Waals surface area contributed by atoms with E-state index in [1.807, 2.05) is 37.3 Å². The van der Waals surface area contributed by atoms with Gasteiger partial charge in [0.1, 0.15) is 0 Å². The SMILES string of the molecule is CCCNC(=O)C(CCN)c1ccccc1. The zero-order valence-electron chi connectivity index (χ0n) is 9.78. The molecule has 0 aliphatic carbocycles. The van der Waals surface area contributed by atoms with Gasteiger partial charge in [0.15, 0.2) is 0 Å². The monoisotopic (exact) mass is 220 g/mol. The van der Waals surface area contributed by atoms with Crippen LogP contribution in [-0.4, -0.2) is 19.0 Å². The van der Waals surface area contributed by atoms with Crippen molar-refractivity contribution in [3.8, 4) is 0 Å². The van der Waals surface area contributed by atoms with Crippen molar-refractivity contribution in [3.05, 3.63) is 35.9 Å². The van der Waals surface area contributed by atoms with Gasteiger partial charge in [-0.1, -0.05) is 37.3 Å². The van der Waals surface area contributed by atoms with Crippen molar-refractivity contribution in [1.29, 1.82) is 0 Å². The normalized spacial score (nSPS) is 12.1. The van der Waals surface area contributed by atoms with Crippen LogP contribution in [0.1, 0.15) is 31.2 Å². The third-order valence-electron chi connectivity index (χ3n) is 2.52. The molecule has 1 aromatic carbocycles. The van der Waals surface area contributed by atoms with Crippen LogP contribution in [0.3, 0.4) is 0 Å². The quantitative estimate of drug-likeness (QED) is 0.766. The molecule has 0 radical (unpaired) electrons. The molecule has 88 valence electrons. The van der Waals surface area contributed by atoms with Crippen molar-refractivity contribution in [1.82, 2.24) is 5.32 Å². The largest absolute Gasteiger partial charge is 0.356 e. The van der Waals surface area contributed by atoms with E-state index in [0.717, 1.165) is 18.5 Å². The lowest BCUT2D eigenvalue weighted by molar-refractivity contribution is -0.122. The van der Waals surface area contributed by atoms with Crippen molar-refractivity contribution in [2.24, 2.45) is 5.73 Å². The second kappa shape index (κ2) is 7.01. The molecule has 0 aliphatic rings. The number of nitrogens with two attached hydrogens (primary N) is 1. The van der Waals surface area contributed by atoms with Gasteiger partial charge in [-0.15, -0.1) is 0 Å². The predicted octanol–water partition coefficient (Wildman–Crippen LogP) is 1.65. The number of rotatable bonds is 6. The summed E-state index contributed by atoms with van der Waals surface area (Å²) >= 11 is 0. The standard InChI is InChI=1S/C13H20N2O/c1-2-10-15-13(16)12(8-9-14)11-6-4-3-5-7-11/h3-7,12H,2,8-10,14H2,1H3,(H,15,16). The van der Waals surface area contributed by atoms with Crippen LogP contribution < -0.4 is 11.1 Å². The van der Waals surface area contributed by atoms with Crippen LogP contribution in [0, 0.1) is 0 Å². The topological polar surface area (TPSA) is 55.1 Å². The Labute approximate surface area is 97.0 Å². The van der Waals surface area contributed by atoms with Crippen LogP contribution in [0.15, 0.2) is 30.3 Å². The van der Waals surface area contributed by atoms with Gasteiger partial charge in [0.25, 0.3) is 0 Å². The number of amides is 1. The van der Waals surface area contributed by atoms with Gasteiger partial charge in [0.2, 0.25) is 5.91 Å². The highest BCUT2D eigenvalue weighted by molar-refractivity contribution is 5.83. The average Bonchev–Trinajstić information content (AvgIpc) is 2.34. The van der Waals surface area contributed by atoms with Gasteiger partial charge in [0, 0.05) is 6.54 Å². The Morgan fingerprint density at radius 2 is 2.06 bits per heavy atom. The van der Waals surface area contributed by atoms with E-state index in [2.05, 4.69) is 5.32 Å². The van der Waals surface area contributed by atoms with Crippen molar-refractivity contribution < 1.29 is 4.79 Å². The van der Waals surface area contributed by atoms with Crippen LogP contribution in [0.4, 0.5) is 0 Å². The van der Waals surface area contributed by atoms with Crippen LogP contribution in [0.25, 0.3) is 0 Å². The number of hydrogen-bond donors (Lipinski definition) is 2. The summed E-state index contributed by atoms with van der Waals surface area (Å²) in [5, 5.41) is 2.92. The molecule has 3 N–H and O–H groups in total. The number of carbonyl (C=O) groups excluding carboxylic acids is 1. The zero-order chi connectivity index (χ0) is 11.8. The molecule has 1 amide bonds. The molecule has 0 heterocycles. The van der Waals surface area contributed by atoms with Gasteiger partial charge >= 0.3 is 0 Å². The first-order chi connectivity index (χ1) is 7.79. The molecule has 0 saturated heterocycles. The molecule has 0 bridgehead atoms. The highest BCUT2D eigenvalue weighted by atomic mass is 16.1. The van der Waals surface area contributed by atoms with Crippen molar-refractivity contribution in [2.75, 3.05) is 13.1 Å². The Balaban J connectivity index is 2.71. The fourth-order valence-corrected chi connectivity index (χ4v) is 1.67. The molecular weight excluding hydrogens is 200 g/mol. The first kappa shape index (κ1) is 12.7. The fraction of sp³-hybridized carbons (Fsp3) is 0.462. The van der Waals surface area contributed by atoms with Gasteiger partial charge in [-0.3, -0.25) is 4.79 Å². The highest BCUT2D eigenvalue weighted by Gasteiger charge is 2.18. The summed E-state index contributed by atoms with van der Waals surface area (Å²) < 4.78 is 0. The third-order valence-corrected chi connectivity index (χ3v) is 2.52. The molecule has 1 unspecified atom stereocenters.